The Balaban J connectivity index is 3.22. The Bertz CT molecular complexity index is 177. The standard InChI is InChI=1S/C10H18O4/c1-3-13-8-6-10(12)5-4-7-14-9(2)11/h3-8H2,1-2H3. The van der Waals surface area contributed by atoms with E-state index in [0.29, 0.717) is 39.1 Å². The van der Waals surface area contributed by atoms with Crippen LogP contribution < -0.4 is 0 Å². The molecular weight excluding hydrogens is 184 g/mol. The predicted octanol–water partition coefficient (Wildman–Crippen LogP) is 1.33. The molecule has 0 saturated heterocycles. The Labute approximate surface area is 84.6 Å². The number of hydrogen-bond donors (Lipinski definition) is 0. The highest BCUT2D eigenvalue weighted by Crippen LogP contribution is 1.96. The molecule has 0 aliphatic rings. The van der Waals surface area contributed by atoms with Crippen LogP contribution in [0.15, 0.2) is 0 Å². The highest BCUT2D eigenvalue weighted by Gasteiger charge is 2.02. The summed E-state index contributed by atoms with van der Waals surface area (Å²) in [7, 11) is 0. The molecule has 0 bridgehead atoms. The summed E-state index contributed by atoms with van der Waals surface area (Å²) in [6.07, 6.45) is 1.51. The second-order valence-electron chi connectivity index (χ2n) is 2.93. The van der Waals surface area contributed by atoms with Crippen molar-refractivity contribution in [3.8, 4) is 0 Å². The highest BCUT2D eigenvalue weighted by molar-refractivity contribution is 5.78. The van der Waals surface area contributed by atoms with Gasteiger partial charge in [0.25, 0.3) is 0 Å². The normalized spacial score (nSPS) is 9.86. The van der Waals surface area contributed by atoms with Crippen molar-refractivity contribution in [3.63, 3.8) is 0 Å². The molecule has 0 saturated carbocycles. The average molecular weight is 202 g/mol. The molecular formula is C10H18O4. The van der Waals surface area contributed by atoms with Crippen LogP contribution in [0.2, 0.25) is 0 Å². The van der Waals surface area contributed by atoms with Crippen molar-refractivity contribution < 1.29 is 19.1 Å². The number of rotatable bonds is 8. The first-order valence-electron chi connectivity index (χ1n) is 4.89. The van der Waals surface area contributed by atoms with Gasteiger partial charge in [0.1, 0.15) is 5.78 Å². The Morgan fingerprint density at radius 1 is 1.14 bits per heavy atom. The molecule has 0 aromatic carbocycles. The largest absolute Gasteiger partial charge is 0.466 e. The fourth-order valence-corrected chi connectivity index (χ4v) is 0.941. The van der Waals surface area contributed by atoms with Crippen molar-refractivity contribution >= 4 is 11.8 Å². The molecule has 4 nitrogen and oxygen atoms in total. The molecule has 82 valence electrons. The molecule has 0 heterocycles. The second-order valence-corrected chi connectivity index (χ2v) is 2.93. The van der Waals surface area contributed by atoms with Crippen LogP contribution in [0.4, 0.5) is 0 Å². The van der Waals surface area contributed by atoms with E-state index in [-0.39, 0.29) is 11.8 Å². The minimum atomic E-state index is -0.299. The van der Waals surface area contributed by atoms with Gasteiger partial charge in [0.2, 0.25) is 0 Å². The highest BCUT2D eigenvalue weighted by atomic mass is 16.5. The number of hydrogen-bond acceptors (Lipinski definition) is 4. The molecule has 0 aliphatic heterocycles. The van der Waals surface area contributed by atoms with E-state index in [2.05, 4.69) is 0 Å². The topological polar surface area (TPSA) is 52.6 Å². The summed E-state index contributed by atoms with van der Waals surface area (Å²) in [4.78, 5) is 21.5. The first kappa shape index (κ1) is 13.1. The SMILES string of the molecule is CCOCCC(=O)CCCOC(C)=O. The van der Waals surface area contributed by atoms with Gasteiger partial charge in [0, 0.05) is 26.4 Å². The van der Waals surface area contributed by atoms with Crippen molar-refractivity contribution in [2.45, 2.75) is 33.1 Å². The fraction of sp³-hybridized carbons (Fsp3) is 0.800. The van der Waals surface area contributed by atoms with Gasteiger partial charge in [0.05, 0.1) is 13.2 Å². The summed E-state index contributed by atoms with van der Waals surface area (Å²) in [5, 5.41) is 0. The zero-order chi connectivity index (χ0) is 10.8. The Morgan fingerprint density at radius 2 is 1.86 bits per heavy atom. The van der Waals surface area contributed by atoms with Crippen LogP contribution in [-0.2, 0) is 19.1 Å². The van der Waals surface area contributed by atoms with Gasteiger partial charge in [-0.2, -0.15) is 0 Å². The molecule has 0 spiro atoms. The molecule has 0 amide bonds. The van der Waals surface area contributed by atoms with E-state index in [0.717, 1.165) is 0 Å². The van der Waals surface area contributed by atoms with E-state index in [1.807, 2.05) is 6.92 Å². The summed E-state index contributed by atoms with van der Waals surface area (Å²) in [5.74, 6) is -0.141. The van der Waals surface area contributed by atoms with E-state index in [9.17, 15) is 9.59 Å². The van der Waals surface area contributed by atoms with Crippen molar-refractivity contribution in [2.24, 2.45) is 0 Å². The number of carbonyl (C=O) groups excluding carboxylic acids is 2. The van der Waals surface area contributed by atoms with Crippen LogP contribution in [0, 0.1) is 0 Å². The molecule has 0 unspecified atom stereocenters. The number of Topliss-reactive ketones (excluding diaryl/α,β-unsaturated/α-hetero) is 1. The maximum absolute atomic E-state index is 11.1. The van der Waals surface area contributed by atoms with Crippen LogP contribution in [-0.4, -0.2) is 31.6 Å². The maximum atomic E-state index is 11.1. The monoisotopic (exact) mass is 202 g/mol. The number of ether oxygens (including phenoxy) is 2. The molecule has 0 aromatic heterocycles. The van der Waals surface area contributed by atoms with Gasteiger partial charge in [0.15, 0.2) is 0 Å². The quantitative estimate of drug-likeness (QED) is 0.440. The first-order chi connectivity index (χ1) is 6.66. The Kier molecular flexibility index (Phi) is 8.13. The molecule has 0 atom stereocenters. The number of ketones is 1. The summed E-state index contributed by atoms with van der Waals surface area (Å²) >= 11 is 0. The van der Waals surface area contributed by atoms with Crippen molar-refractivity contribution in [1.82, 2.24) is 0 Å². The smallest absolute Gasteiger partial charge is 0.302 e. The van der Waals surface area contributed by atoms with Gasteiger partial charge in [-0.3, -0.25) is 9.59 Å². The van der Waals surface area contributed by atoms with Crippen molar-refractivity contribution in [3.05, 3.63) is 0 Å². The van der Waals surface area contributed by atoms with E-state index in [1.165, 1.54) is 6.92 Å². The number of esters is 1. The molecule has 0 aliphatic carbocycles. The molecule has 0 radical (unpaired) electrons. The summed E-state index contributed by atoms with van der Waals surface area (Å²) < 4.78 is 9.74. The molecule has 0 N–H and O–H groups in total. The summed E-state index contributed by atoms with van der Waals surface area (Å²) in [6.45, 7) is 4.71. The van der Waals surface area contributed by atoms with Gasteiger partial charge in [-0.15, -0.1) is 0 Å². The second kappa shape index (κ2) is 8.69. The predicted molar refractivity (Wildman–Crippen MR) is 52.0 cm³/mol. The van der Waals surface area contributed by atoms with Crippen molar-refractivity contribution in [1.29, 1.82) is 0 Å². The lowest BCUT2D eigenvalue weighted by Gasteiger charge is -2.02. The molecule has 0 aromatic rings. The van der Waals surface area contributed by atoms with Gasteiger partial charge >= 0.3 is 5.97 Å². The van der Waals surface area contributed by atoms with E-state index < -0.39 is 0 Å². The third-order valence-electron chi connectivity index (χ3n) is 1.63. The van der Waals surface area contributed by atoms with Gasteiger partial charge < -0.3 is 9.47 Å². The summed E-state index contributed by atoms with van der Waals surface area (Å²) in [6, 6.07) is 0. The van der Waals surface area contributed by atoms with E-state index in [4.69, 9.17) is 9.47 Å². The molecule has 0 fully saturated rings. The lowest BCUT2D eigenvalue weighted by atomic mass is 10.2. The van der Waals surface area contributed by atoms with Gasteiger partial charge in [-0.25, -0.2) is 0 Å². The third-order valence-corrected chi connectivity index (χ3v) is 1.63. The maximum Gasteiger partial charge on any atom is 0.302 e. The number of carbonyl (C=O) groups is 2. The minimum Gasteiger partial charge on any atom is -0.466 e. The van der Waals surface area contributed by atoms with Gasteiger partial charge in [-0.1, -0.05) is 0 Å². The average Bonchev–Trinajstić information content (AvgIpc) is 2.13. The Morgan fingerprint density at radius 3 is 2.43 bits per heavy atom. The van der Waals surface area contributed by atoms with Crippen LogP contribution in [0.3, 0.4) is 0 Å². The molecule has 4 heteroatoms. The van der Waals surface area contributed by atoms with Crippen LogP contribution in [0.5, 0.6) is 0 Å². The summed E-state index contributed by atoms with van der Waals surface area (Å²) in [5.41, 5.74) is 0. The lowest BCUT2D eigenvalue weighted by Crippen LogP contribution is -2.07. The molecule has 14 heavy (non-hydrogen) atoms. The molecule has 0 rings (SSSR count). The van der Waals surface area contributed by atoms with Crippen molar-refractivity contribution in [2.75, 3.05) is 19.8 Å². The van der Waals surface area contributed by atoms with Crippen LogP contribution in [0.25, 0.3) is 0 Å². The minimum absolute atomic E-state index is 0.158. The lowest BCUT2D eigenvalue weighted by molar-refractivity contribution is -0.141. The van der Waals surface area contributed by atoms with E-state index in [1.54, 1.807) is 0 Å². The van der Waals surface area contributed by atoms with Crippen LogP contribution >= 0.6 is 0 Å². The third kappa shape index (κ3) is 9.19. The fourth-order valence-electron chi connectivity index (χ4n) is 0.941. The van der Waals surface area contributed by atoms with E-state index >= 15 is 0 Å². The zero-order valence-corrected chi connectivity index (χ0v) is 8.88. The zero-order valence-electron chi connectivity index (χ0n) is 8.88. The van der Waals surface area contributed by atoms with Gasteiger partial charge in [-0.05, 0) is 13.3 Å². The Hall–Kier alpha value is -0.900. The van der Waals surface area contributed by atoms with Crippen LogP contribution in [0.1, 0.15) is 33.1 Å². The first-order valence-corrected chi connectivity index (χ1v) is 4.89.